The number of benzene rings is 1. The van der Waals surface area contributed by atoms with E-state index in [1.807, 2.05) is 0 Å². The first-order valence-corrected chi connectivity index (χ1v) is 7.33. The van der Waals surface area contributed by atoms with Crippen LogP contribution in [0.3, 0.4) is 0 Å². The van der Waals surface area contributed by atoms with E-state index in [1.165, 1.54) is 6.07 Å². The highest BCUT2D eigenvalue weighted by atomic mass is 35.5. The van der Waals surface area contributed by atoms with Gasteiger partial charge in [-0.05, 0) is 31.0 Å². The Kier molecular flexibility index (Phi) is 5.31. The molecule has 21 heavy (non-hydrogen) atoms. The van der Waals surface area contributed by atoms with Gasteiger partial charge in [0, 0.05) is 11.1 Å². The predicted octanol–water partition coefficient (Wildman–Crippen LogP) is 2.74. The molecule has 1 saturated carbocycles. The quantitative estimate of drug-likeness (QED) is 0.869. The van der Waals surface area contributed by atoms with Crippen LogP contribution in [-0.2, 0) is 9.59 Å². The molecule has 7 heteroatoms. The summed E-state index contributed by atoms with van der Waals surface area (Å²) in [5.41, 5.74) is 0. The van der Waals surface area contributed by atoms with Gasteiger partial charge in [-0.25, -0.2) is 0 Å². The third-order valence-corrected chi connectivity index (χ3v) is 3.96. The number of carbonyl (C=O) groups excluding carboxylic acids is 1. The third kappa shape index (κ3) is 4.25. The summed E-state index contributed by atoms with van der Waals surface area (Å²) in [5.74, 6) is -1.40. The second-order valence-corrected chi connectivity index (χ2v) is 5.76. The Morgan fingerprint density at radius 2 is 2.10 bits per heavy atom. The lowest BCUT2D eigenvalue weighted by Crippen LogP contribution is -2.42. The molecule has 2 atom stereocenters. The van der Waals surface area contributed by atoms with Crippen LogP contribution < -0.4 is 10.1 Å². The van der Waals surface area contributed by atoms with Gasteiger partial charge < -0.3 is 15.2 Å². The van der Waals surface area contributed by atoms with Crippen molar-refractivity contribution in [1.82, 2.24) is 5.32 Å². The minimum atomic E-state index is -0.875. The number of carboxylic acid groups (broad SMARTS) is 1. The molecule has 1 fully saturated rings. The molecule has 0 spiro atoms. The zero-order chi connectivity index (χ0) is 15.4. The Bertz CT molecular complexity index is 550. The maximum Gasteiger partial charge on any atom is 0.308 e. The second-order valence-electron chi connectivity index (χ2n) is 4.91. The fourth-order valence-electron chi connectivity index (χ4n) is 2.41. The monoisotopic (exact) mass is 331 g/mol. The molecule has 114 valence electrons. The standard InChI is InChI=1S/C14H15Cl2NO4/c15-8-4-5-12(10(16)6-8)21-7-13(18)17-11-3-1-2-9(11)14(19)20/h4-6,9,11H,1-3,7H2,(H,17,18)(H,19,20)/t9-,11+/m1/s1. The van der Waals surface area contributed by atoms with Gasteiger partial charge >= 0.3 is 5.97 Å². The molecule has 2 N–H and O–H groups in total. The summed E-state index contributed by atoms with van der Waals surface area (Å²) in [5, 5.41) is 12.5. The number of ether oxygens (including phenoxy) is 1. The molecule has 5 nitrogen and oxygen atoms in total. The van der Waals surface area contributed by atoms with E-state index in [4.69, 9.17) is 33.0 Å². The fourth-order valence-corrected chi connectivity index (χ4v) is 2.88. The van der Waals surface area contributed by atoms with Crippen molar-refractivity contribution >= 4 is 35.1 Å². The van der Waals surface area contributed by atoms with Gasteiger partial charge in [-0.2, -0.15) is 0 Å². The molecule has 2 rings (SSSR count). The molecule has 0 aromatic heterocycles. The molecular formula is C14H15Cl2NO4. The first kappa shape index (κ1) is 15.9. The van der Waals surface area contributed by atoms with Crippen molar-refractivity contribution in [2.45, 2.75) is 25.3 Å². The van der Waals surface area contributed by atoms with Crippen LogP contribution in [0.25, 0.3) is 0 Å². The fraction of sp³-hybridized carbons (Fsp3) is 0.429. The summed E-state index contributed by atoms with van der Waals surface area (Å²) < 4.78 is 5.31. The highest BCUT2D eigenvalue weighted by molar-refractivity contribution is 6.35. The van der Waals surface area contributed by atoms with Crippen LogP contribution >= 0.6 is 23.2 Å². The van der Waals surface area contributed by atoms with Gasteiger partial charge in [0.2, 0.25) is 0 Å². The number of carbonyl (C=O) groups is 2. The smallest absolute Gasteiger partial charge is 0.308 e. The second kappa shape index (κ2) is 7.00. The van der Waals surface area contributed by atoms with Crippen LogP contribution in [0.4, 0.5) is 0 Å². The van der Waals surface area contributed by atoms with E-state index in [1.54, 1.807) is 12.1 Å². The maximum absolute atomic E-state index is 11.8. The van der Waals surface area contributed by atoms with Crippen molar-refractivity contribution in [2.24, 2.45) is 5.92 Å². The summed E-state index contributed by atoms with van der Waals surface area (Å²) in [6.07, 6.45) is 2.06. The van der Waals surface area contributed by atoms with Gasteiger partial charge in [0.1, 0.15) is 5.75 Å². The van der Waals surface area contributed by atoms with E-state index < -0.39 is 11.9 Å². The number of amides is 1. The molecule has 1 aromatic rings. The van der Waals surface area contributed by atoms with Crippen LogP contribution in [0.1, 0.15) is 19.3 Å². The minimum absolute atomic E-state index is 0.218. The normalized spacial score (nSPS) is 21.0. The lowest BCUT2D eigenvalue weighted by molar-refractivity contribution is -0.142. The molecule has 0 saturated heterocycles. The summed E-state index contributed by atoms with van der Waals surface area (Å²) in [6.45, 7) is -0.218. The lowest BCUT2D eigenvalue weighted by Gasteiger charge is -2.17. The highest BCUT2D eigenvalue weighted by Gasteiger charge is 2.33. The van der Waals surface area contributed by atoms with Crippen LogP contribution in [0.5, 0.6) is 5.75 Å². The van der Waals surface area contributed by atoms with E-state index in [-0.39, 0.29) is 18.6 Å². The van der Waals surface area contributed by atoms with Crippen molar-refractivity contribution in [1.29, 1.82) is 0 Å². The van der Waals surface area contributed by atoms with E-state index in [9.17, 15) is 9.59 Å². The number of hydrogen-bond donors (Lipinski definition) is 2. The molecule has 0 aliphatic heterocycles. The molecule has 1 amide bonds. The van der Waals surface area contributed by atoms with E-state index in [2.05, 4.69) is 5.32 Å². The van der Waals surface area contributed by atoms with Gasteiger partial charge in [-0.15, -0.1) is 0 Å². The maximum atomic E-state index is 11.8. The lowest BCUT2D eigenvalue weighted by atomic mass is 10.0. The molecule has 1 aliphatic carbocycles. The van der Waals surface area contributed by atoms with Gasteiger partial charge in [-0.3, -0.25) is 9.59 Å². The van der Waals surface area contributed by atoms with Crippen LogP contribution in [0, 0.1) is 5.92 Å². The molecule has 1 aromatic carbocycles. The van der Waals surface area contributed by atoms with Gasteiger partial charge in [0.15, 0.2) is 6.61 Å². The summed E-state index contributed by atoms with van der Waals surface area (Å²) in [7, 11) is 0. The number of rotatable bonds is 5. The first-order valence-electron chi connectivity index (χ1n) is 6.57. The molecule has 0 radical (unpaired) electrons. The summed E-state index contributed by atoms with van der Waals surface area (Å²) in [6, 6.07) is 4.37. The summed E-state index contributed by atoms with van der Waals surface area (Å²) >= 11 is 11.7. The van der Waals surface area contributed by atoms with Crippen molar-refractivity contribution in [3.8, 4) is 5.75 Å². The predicted molar refractivity (Wildman–Crippen MR) is 78.9 cm³/mol. The van der Waals surface area contributed by atoms with Gasteiger partial charge in [0.25, 0.3) is 5.91 Å². The number of halogens is 2. The topological polar surface area (TPSA) is 75.6 Å². The minimum Gasteiger partial charge on any atom is -0.482 e. The number of hydrogen-bond acceptors (Lipinski definition) is 3. The van der Waals surface area contributed by atoms with E-state index in [0.29, 0.717) is 28.6 Å². The van der Waals surface area contributed by atoms with E-state index in [0.717, 1.165) is 6.42 Å². The molecule has 0 bridgehead atoms. The Balaban J connectivity index is 1.86. The highest BCUT2D eigenvalue weighted by Crippen LogP contribution is 2.28. The number of nitrogens with one attached hydrogen (secondary N) is 1. The number of carboxylic acids is 1. The zero-order valence-corrected chi connectivity index (χ0v) is 12.7. The van der Waals surface area contributed by atoms with Gasteiger partial charge in [-0.1, -0.05) is 29.6 Å². The van der Waals surface area contributed by atoms with Crippen LogP contribution in [0.2, 0.25) is 10.0 Å². The van der Waals surface area contributed by atoms with Crippen molar-refractivity contribution in [3.05, 3.63) is 28.2 Å². The summed E-state index contributed by atoms with van der Waals surface area (Å²) in [4.78, 5) is 22.9. The Hall–Kier alpha value is -1.46. The average Bonchev–Trinajstić information content (AvgIpc) is 2.86. The Morgan fingerprint density at radius 1 is 1.33 bits per heavy atom. The largest absolute Gasteiger partial charge is 0.482 e. The van der Waals surface area contributed by atoms with Crippen molar-refractivity contribution in [3.63, 3.8) is 0 Å². The molecule has 0 unspecified atom stereocenters. The molecule has 1 aliphatic rings. The van der Waals surface area contributed by atoms with Crippen LogP contribution in [-0.4, -0.2) is 29.6 Å². The van der Waals surface area contributed by atoms with Gasteiger partial charge in [0.05, 0.1) is 10.9 Å². The first-order chi connectivity index (χ1) is 9.97. The average molecular weight is 332 g/mol. The van der Waals surface area contributed by atoms with E-state index >= 15 is 0 Å². The number of aliphatic carboxylic acids is 1. The zero-order valence-electron chi connectivity index (χ0n) is 11.1. The Labute approximate surface area is 132 Å². The van der Waals surface area contributed by atoms with Crippen molar-refractivity contribution < 1.29 is 19.4 Å². The molecule has 0 heterocycles. The molecular weight excluding hydrogens is 317 g/mol. The SMILES string of the molecule is O=C(COc1ccc(Cl)cc1Cl)N[C@H]1CCC[C@H]1C(=O)O. The van der Waals surface area contributed by atoms with Crippen molar-refractivity contribution in [2.75, 3.05) is 6.61 Å². The third-order valence-electron chi connectivity index (χ3n) is 3.43. The van der Waals surface area contributed by atoms with Crippen LogP contribution in [0.15, 0.2) is 18.2 Å². The Morgan fingerprint density at radius 3 is 2.76 bits per heavy atom.